The maximum Gasteiger partial charge on any atom is 0.270 e. The van der Waals surface area contributed by atoms with E-state index in [1.807, 2.05) is 37.8 Å². The molecule has 7 nitrogen and oxygen atoms in total. The van der Waals surface area contributed by atoms with Gasteiger partial charge in [-0.3, -0.25) is 9.69 Å². The molecule has 6 rings (SSSR count). The minimum absolute atomic E-state index is 0. The van der Waals surface area contributed by atoms with Crippen molar-refractivity contribution < 1.29 is 19.7 Å². The van der Waals surface area contributed by atoms with Gasteiger partial charge in [0.25, 0.3) is 5.91 Å². The van der Waals surface area contributed by atoms with Gasteiger partial charge in [-0.05, 0) is 56.4 Å². The van der Waals surface area contributed by atoms with Crippen molar-refractivity contribution in [2.75, 3.05) is 26.2 Å². The number of carbonyl (C=O) groups excluding carboxylic acids is 1. The number of fused-ring (bicyclic) bond motifs is 2. The summed E-state index contributed by atoms with van der Waals surface area (Å²) >= 11 is 0. The predicted molar refractivity (Wildman–Crippen MR) is 136 cm³/mol. The first kappa shape index (κ1) is 24.2. The van der Waals surface area contributed by atoms with E-state index in [1.165, 1.54) is 0 Å². The highest BCUT2D eigenvalue weighted by Gasteiger charge is 2.72. The SMILES string of the molecule is C=CCN1CCC23c4c5ccc(O)c4OC2c2[nH]c(C(=O)N(CC)CC)c(C)c2CC3(O)C1C5.Cl. The summed E-state index contributed by atoms with van der Waals surface area (Å²) in [5, 5.41) is 23.4. The quantitative estimate of drug-likeness (QED) is 0.549. The average molecular weight is 500 g/mol. The van der Waals surface area contributed by atoms with Crippen LogP contribution < -0.4 is 4.74 Å². The number of H-pyrrole nitrogens is 1. The second kappa shape index (κ2) is 8.02. The lowest BCUT2D eigenvalue weighted by Crippen LogP contribution is -2.74. The molecule has 1 amide bonds. The Morgan fingerprint density at radius 1 is 1.37 bits per heavy atom. The van der Waals surface area contributed by atoms with E-state index >= 15 is 0 Å². The summed E-state index contributed by atoms with van der Waals surface area (Å²) in [6.45, 7) is 12.7. The zero-order chi connectivity index (χ0) is 24.0. The maximum absolute atomic E-state index is 13.3. The number of piperidine rings is 1. The number of ether oxygens (including phenoxy) is 1. The Morgan fingerprint density at radius 3 is 2.80 bits per heavy atom. The third kappa shape index (κ3) is 2.77. The summed E-state index contributed by atoms with van der Waals surface area (Å²) in [6.07, 6.45) is 3.27. The highest BCUT2D eigenvalue weighted by atomic mass is 35.5. The zero-order valence-corrected chi connectivity index (χ0v) is 21.4. The van der Waals surface area contributed by atoms with Crippen LogP contribution in [0.2, 0.25) is 0 Å². The molecule has 8 heteroatoms. The Balaban J connectivity index is 0.00000253. The number of rotatable bonds is 5. The molecule has 1 fully saturated rings. The molecule has 1 aromatic heterocycles. The van der Waals surface area contributed by atoms with Gasteiger partial charge in [0.15, 0.2) is 17.6 Å². The van der Waals surface area contributed by atoms with Crippen LogP contribution in [0.4, 0.5) is 0 Å². The molecule has 35 heavy (non-hydrogen) atoms. The number of benzene rings is 1. The van der Waals surface area contributed by atoms with Crippen LogP contribution in [0, 0.1) is 6.92 Å². The Hall–Kier alpha value is -2.48. The Kier molecular flexibility index (Phi) is 5.55. The van der Waals surface area contributed by atoms with Gasteiger partial charge in [0.2, 0.25) is 0 Å². The van der Waals surface area contributed by atoms with Crippen molar-refractivity contribution in [3.63, 3.8) is 0 Å². The number of phenolic OH excluding ortho intramolecular Hbond substituents is 1. The van der Waals surface area contributed by atoms with Gasteiger partial charge in [0.1, 0.15) is 5.69 Å². The lowest BCUT2D eigenvalue weighted by molar-refractivity contribution is -0.170. The number of amides is 1. The summed E-state index contributed by atoms with van der Waals surface area (Å²) in [5.41, 5.74) is 3.65. The first-order valence-corrected chi connectivity index (χ1v) is 12.4. The van der Waals surface area contributed by atoms with Gasteiger partial charge in [-0.1, -0.05) is 12.1 Å². The van der Waals surface area contributed by atoms with Gasteiger partial charge in [-0.15, -0.1) is 19.0 Å². The van der Waals surface area contributed by atoms with Crippen molar-refractivity contribution >= 4 is 18.3 Å². The minimum Gasteiger partial charge on any atom is -0.504 e. The Labute approximate surface area is 212 Å². The summed E-state index contributed by atoms with van der Waals surface area (Å²) in [4.78, 5) is 20.9. The summed E-state index contributed by atoms with van der Waals surface area (Å²) in [7, 11) is 0. The molecular formula is C27H34ClN3O4. The Bertz CT molecular complexity index is 1220. The number of nitrogens with one attached hydrogen (secondary N) is 1. The Morgan fingerprint density at radius 2 is 2.11 bits per heavy atom. The number of aromatic hydroxyl groups is 1. The number of halogens is 1. The number of aliphatic hydroxyl groups is 1. The standard InChI is InChI=1S/C27H33N3O4.ClH/c1-5-11-30-12-10-26-20-16-8-9-18(31)23(20)34-24(26)22-17(14-27(26,33)19(30)13-16)15(4)21(28-22)25(32)29(6-2)7-3;/h5,8-9,19,24,28,31,33H,1,6-7,10-14H2,2-4H3;1H. The van der Waals surface area contributed by atoms with E-state index < -0.39 is 17.1 Å². The molecule has 1 aromatic carbocycles. The molecule has 2 aliphatic carbocycles. The van der Waals surface area contributed by atoms with Gasteiger partial charge < -0.3 is 24.8 Å². The number of hydrogen-bond donors (Lipinski definition) is 3. The summed E-state index contributed by atoms with van der Waals surface area (Å²) in [6, 6.07) is 3.59. The molecule has 0 saturated carbocycles. The van der Waals surface area contributed by atoms with Crippen molar-refractivity contribution in [2.45, 2.75) is 63.2 Å². The monoisotopic (exact) mass is 499 g/mol. The number of aromatic amines is 1. The second-order valence-corrected chi connectivity index (χ2v) is 10.3. The highest BCUT2D eigenvalue weighted by molar-refractivity contribution is 5.94. The van der Waals surface area contributed by atoms with Crippen LogP contribution in [0.1, 0.15) is 64.8 Å². The number of carbonyl (C=O) groups is 1. The molecule has 4 atom stereocenters. The third-order valence-electron chi connectivity index (χ3n) is 9.07. The van der Waals surface area contributed by atoms with Gasteiger partial charge in [-0.2, -0.15) is 0 Å². The average Bonchev–Trinajstić information content (AvgIpc) is 3.33. The smallest absolute Gasteiger partial charge is 0.270 e. The van der Waals surface area contributed by atoms with Crippen LogP contribution in [0.3, 0.4) is 0 Å². The van der Waals surface area contributed by atoms with Crippen LogP contribution in [0.25, 0.3) is 0 Å². The molecule has 2 bridgehead atoms. The van der Waals surface area contributed by atoms with Crippen molar-refractivity contribution in [3.05, 3.63) is 58.4 Å². The third-order valence-corrected chi connectivity index (χ3v) is 9.07. The van der Waals surface area contributed by atoms with E-state index in [0.29, 0.717) is 50.3 Å². The highest BCUT2D eigenvalue weighted by Crippen LogP contribution is 2.68. The molecule has 2 aliphatic heterocycles. The topological polar surface area (TPSA) is 89.0 Å². The number of phenols is 1. The van der Waals surface area contributed by atoms with Crippen molar-refractivity contribution in [2.24, 2.45) is 0 Å². The molecule has 3 N–H and O–H groups in total. The van der Waals surface area contributed by atoms with Gasteiger partial charge in [-0.25, -0.2) is 0 Å². The first-order valence-electron chi connectivity index (χ1n) is 12.4. The summed E-state index contributed by atoms with van der Waals surface area (Å²) in [5.74, 6) is 0.578. The zero-order valence-electron chi connectivity index (χ0n) is 20.6. The summed E-state index contributed by atoms with van der Waals surface area (Å²) < 4.78 is 6.55. The molecule has 4 unspecified atom stereocenters. The van der Waals surface area contributed by atoms with Gasteiger partial charge >= 0.3 is 0 Å². The normalized spacial score (nSPS) is 29.5. The van der Waals surface area contributed by atoms with Crippen molar-refractivity contribution in [1.82, 2.24) is 14.8 Å². The van der Waals surface area contributed by atoms with Gasteiger partial charge in [0.05, 0.1) is 16.7 Å². The fraction of sp³-hybridized carbons (Fsp3) is 0.519. The van der Waals surface area contributed by atoms with Crippen molar-refractivity contribution in [1.29, 1.82) is 0 Å². The number of aromatic nitrogens is 1. The van der Waals surface area contributed by atoms with Crippen LogP contribution in [-0.4, -0.2) is 68.7 Å². The molecule has 0 radical (unpaired) electrons. The lowest BCUT2D eigenvalue weighted by Gasteiger charge is -2.62. The first-order chi connectivity index (χ1) is 16.3. The van der Waals surface area contributed by atoms with Crippen molar-refractivity contribution in [3.8, 4) is 11.5 Å². The van der Waals surface area contributed by atoms with E-state index in [0.717, 1.165) is 34.5 Å². The van der Waals surface area contributed by atoms with Crippen LogP contribution >= 0.6 is 12.4 Å². The number of likely N-dealkylation sites (tertiary alicyclic amines) is 1. The largest absolute Gasteiger partial charge is 0.504 e. The minimum atomic E-state index is -1.08. The molecule has 188 valence electrons. The number of nitrogens with zero attached hydrogens (tertiary/aromatic N) is 2. The second-order valence-electron chi connectivity index (χ2n) is 10.3. The molecule has 1 saturated heterocycles. The molecular weight excluding hydrogens is 466 g/mol. The van der Waals surface area contributed by atoms with Crippen LogP contribution in [0.5, 0.6) is 11.5 Å². The van der Waals surface area contributed by atoms with E-state index in [4.69, 9.17) is 4.74 Å². The van der Waals surface area contributed by atoms with E-state index in [9.17, 15) is 15.0 Å². The van der Waals surface area contributed by atoms with E-state index in [2.05, 4.69) is 16.5 Å². The van der Waals surface area contributed by atoms with Crippen LogP contribution in [-0.2, 0) is 18.3 Å². The predicted octanol–water partition coefficient (Wildman–Crippen LogP) is 3.41. The number of hydrogen-bond acceptors (Lipinski definition) is 5. The van der Waals surface area contributed by atoms with E-state index in [-0.39, 0.29) is 30.1 Å². The fourth-order valence-corrected chi connectivity index (χ4v) is 7.46. The van der Waals surface area contributed by atoms with Crippen LogP contribution in [0.15, 0.2) is 24.8 Å². The molecule has 2 aromatic rings. The molecule has 3 heterocycles. The lowest BCUT2D eigenvalue weighted by atomic mass is 9.49. The van der Waals surface area contributed by atoms with E-state index in [1.54, 1.807) is 6.07 Å². The maximum atomic E-state index is 13.3. The fourth-order valence-electron chi connectivity index (χ4n) is 7.46. The van der Waals surface area contributed by atoms with Gasteiger partial charge in [0, 0.05) is 44.2 Å². The molecule has 4 aliphatic rings. The molecule has 1 spiro atoms.